The van der Waals surface area contributed by atoms with Crippen molar-refractivity contribution in [2.75, 3.05) is 11.1 Å². The van der Waals surface area contributed by atoms with Gasteiger partial charge in [0, 0.05) is 22.8 Å². The average molecular weight is 380 g/mol. The molecule has 2 aromatic carbocycles. The summed E-state index contributed by atoms with van der Waals surface area (Å²) in [6.45, 7) is 0. The molecule has 0 spiro atoms. The van der Waals surface area contributed by atoms with Crippen LogP contribution in [0.1, 0.15) is 18.0 Å². The van der Waals surface area contributed by atoms with Gasteiger partial charge in [-0.15, -0.1) is 11.8 Å². The van der Waals surface area contributed by atoms with Crippen molar-refractivity contribution in [3.8, 4) is 0 Å². The molecule has 5 nitrogen and oxygen atoms in total. The van der Waals surface area contributed by atoms with E-state index in [1.165, 1.54) is 28.7 Å². The summed E-state index contributed by atoms with van der Waals surface area (Å²) in [6.07, 6.45) is 0.951. The maximum absolute atomic E-state index is 10.9. The highest BCUT2D eigenvalue weighted by atomic mass is 35.5. The summed E-state index contributed by atoms with van der Waals surface area (Å²) in [6, 6.07) is 12.5. The van der Waals surface area contributed by atoms with Crippen molar-refractivity contribution in [1.29, 1.82) is 0 Å². The van der Waals surface area contributed by atoms with E-state index in [1.54, 1.807) is 0 Å². The molecular weight excluding hydrogens is 366 g/mol. The summed E-state index contributed by atoms with van der Waals surface area (Å²) in [5.74, 6) is 1.01. The van der Waals surface area contributed by atoms with Gasteiger partial charge in [0.25, 0.3) is 5.69 Å². The third-order valence-electron chi connectivity index (χ3n) is 3.67. The van der Waals surface area contributed by atoms with Crippen molar-refractivity contribution in [1.82, 2.24) is 5.32 Å². The van der Waals surface area contributed by atoms with Crippen molar-refractivity contribution in [2.24, 2.45) is 0 Å². The zero-order valence-electron chi connectivity index (χ0n) is 12.5. The van der Waals surface area contributed by atoms with E-state index in [0.717, 1.165) is 12.2 Å². The number of halogens is 1. The maximum Gasteiger partial charge on any atom is 0.271 e. The number of non-ortho nitro benzene ring substituents is 1. The van der Waals surface area contributed by atoms with Gasteiger partial charge >= 0.3 is 0 Å². The first-order valence-corrected chi connectivity index (χ1v) is 9.05. The Morgan fingerprint density at radius 3 is 2.92 bits per heavy atom. The van der Waals surface area contributed by atoms with E-state index in [-0.39, 0.29) is 11.7 Å². The zero-order chi connectivity index (χ0) is 17.1. The highest BCUT2D eigenvalue weighted by Crippen LogP contribution is 2.36. The number of hydrogen-bond donors (Lipinski definition) is 2. The van der Waals surface area contributed by atoms with Gasteiger partial charge in [0.05, 0.1) is 21.7 Å². The summed E-state index contributed by atoms with van der Waals surface area (Å²) in [5, 5.41) is 17.9. The third kappa shape index (κ3) is 3.80. The molecule has 2 aromatic rings. The largest absolute Gasteiger partial charge is 0.356 e. The number of thioether (sulfide) groups is 1. The molecule has 0 aliphatic carbocycles. The minimum atomic E-state index is -0.466. The lowest BCUT2D eigenvalue weighted by molar-refractivity contribution is -0.384. The standard InChI is InChI=1S/C16H14ClN3O2S2/c17-12-6-5-10(20(21)22)9-14(12)19-16(23)18-13-7-8-24-15-4-2-1-3-11(13)15/h1-6,9,13H,7-8H2,(H2,18,19,23)/t13-/m1/s1. The van der Waals surface area contributed by atoms with Gasteiger partial charge in [-0.2, -0.15) is 0 Å². The number of nitrogens with one attached hydrogen (secondary N) is 2. The molecule has 24 heavy (non-hydrogen) atoms. The van der Waals surface area contributed by atoms with E-state index < -0.39 is 4.92 Å². The fourth-order valence-electron chi connectivity index (χ4n) is 2.53. The van der Waals surface area contributed by atoms with Crippen molar-refractivity contribution >= 4 is 52.1 Å². The number of nitrogens with zero attached hydrogens (tertiary/aromatic N) is 1. The Morgan fingerprint density at radius 1 is 1.33 bits per heavy atom. The fourth-order valence-corrected chi connectivity index (χ4v) is 4.07. The second-order valence-electron chi connectivity index (χ2n) is 5.25. The van der Waals surface area contributed by atoms with Crippen LogP contribution < -0.4 is 10.6 Å². The zero-order valence-corrected chi connectivity index (χ0v) is 14.9. The minimum absolute atomic E-state index is 0.0379. The first-order chi connectivity index (χ1) is 11.5. The molecule has 0 saturated heterocycles. The molecule has 0 saturated carbocycles. The smallest absolute Gasteiger partial charge is 0.271 e. The molecule has 2 N–H and O–H groups in total. The van der Waals surface area contributed by atoms with Gasteiger partial charge < -0.3 is 10.6 Å². The number of hydrogen-bond acceptors (Lipinski definition) is 4. The van der Waals surface area contributed by atoms with E-state index >= 15 is 0 Å². The molecule has 0 amide bonds. The monoisotopic (exact) mass is 379 g/mol. The first-order valence-electron chi connectivity index (χ1n) is 7.28. The van der Waals surface area contributed by atoms with Gasteiger partial charge in [0.1, 0.15) is 0 Å². The number of thiocarbonyl (C=S) groups is 1. The number of nitro groups is 1. The summed E-state index contributed by atoms with van der Waals surface area (Å²) in [5.41, 5.74) is 1.59. The Labute approximate surface area is 153 Å². The molecule has 0 unspecified atom stereocenters. The molecule has 8 heteroatoms. The quantitative estimate of drug-likeness (QED) is 0.455. The van der Waals surface area contributed by atoms with Crippen molar-refractivity contribution in [2.45, 2.75) is 17.4 Å². The van der Waals surface area contributed by atoms with Crippen molar-refractivity contribution in [3.05, 3.63) is 63.2 Å². The summed E-state index contributed by atoms with van der Waals surface area (Å²) < 4.78 is 0. The highest BCUT2D eigenvalue weighted by molar-refractivity contribution is 7.99. The van der Waals surface area contributed by atoms with Gasteiger partial charge in [-0.3, -0.25) is 10.1 Å². The first kappa shape index (κ1) is 17.0. The fraction of sp³-hybridized carbons (Fsp3) is 0.188. The minimum Gasteiger partial charge on any atom is -0.356 e. The lowest BCUT2D eigenvalue weighted by atomic mass is 10.0. The van der Waals surface area contributed by atoms with E-state index in [4.69, 9.17) is 23.8 Å². The van der Waals surface area contributed by atoms with Crippen LogP contribution >= 0.6 is 35.6 Å². The van der Waals surface area contributed by atoms with Gasteiger partial charge in [-0.1, -0.05) is 29.8 Å². The molecule has 1 atom stereocenters. The molecule has 1 aliphatic heterocycles. The molecule has 0 bridgehead atoms. The number of anilines is 1. The van der Waals surface area contributed by atoms with Gasteiger partial charge in [-0.05, 0) is 36.3 Å². The van der Waals surface area contributed by atoms with Gasteiger partial charge in [0.2, 0.25) is 0 Å². The topological polar surface area (TPSA) is 67.2 Å². The number of benzene rings is 2. The summed E-state index contributed by atoms with van der Waals surface area (Å²) in [7, 11) is 0. The predicted octanol–water partition coefficient (Wildman–Crippen LogP) is 4.77. The van der Waals surface area contributed by atoms with E-state index in [0.29, 0.717) is 15.8 Å². The highest BCUT2D eigenvalue weighted by Gasteiger charge is 2.21. The molecule has 0 aromatic heterocycles. The Bertz CT molecular complexity index is 801. The third-order valence-corrected chi connectivity index (χ3v) is 5.34. The van der Waals surface area contributed by atoms with Crippen LogP contribution in [0, 0.1) is 10.1 Å². The van der Waals surface area contributed by atoms with Crippen LogP contribution in [0.15, 0.2) is 47.4 Å². The van der Waals surface area contributed by atoms with E-state index in [1.807, 2.05) is 23.9 Å². The molecule has 0 radical (unpaired) electrons. The molecule has 1 aliphatic rings. The van der Waals surface area contributed by atoms with Crippen LogP contribution in [0.2, 0.25) is 5.02 Å². The Morgan fingerprint density at radius 2 is 2.12 bits per heavy atom. The van der Waals surface area contributed by atoms with E-state index in [2.05, 4.69) is 22.8 Å². The second-order valence-corrected chi connectivity index (χ2v) is 7.20. The van der Waals surface area contributed by atoms with Crippen molar-refractivity contribution in [3.63, 3.8) is 0 Å². The number of rotatable bonds is 3. The number of fused-ring (bicyclic) bond motifs is 1. The summed E-state index contributed by atoms with van der Waals surface area (Å²) in [4.78, 5) is 11.7. The molecule has 124 valence electrons. The van der Waals surface area contributed by atoms with Gasteiger partial charge in [0.15, 0.2) is 5.11 Å². The molecular formula is C16H14ClN3O2S2. The Kier molecular flexibility index (Phi) is 5.23. The van der Waals surface area contributed by atoms with Crippen molar-refractivity contribution < 1.29 is 4.92 Å². The van der Waals surface area contributed by atoms with Crippen LogP contribution in [-0.2, 0) is 0 Å². The van der Waals surface area contributed by atoms with Crippen LogP contribution in [0.5, 0.6) is 0 Å². The lowest BCUT2D eigenvalue weighted by Gasteiger charge is -2.27. The Hall–Kier alpha value is -1.83. The lowest BCUT2D eigenvalue weighted by Crippen LogP contribution is -2.34. The van der Waals surface area contributed by atoms with Crippen LogP contribution in [0.4, 0.5) is 11.4 Å². The van der Waals surface area contributed by atoms with Gasteiger partial charge in [-0.25, -0.2) is 0 Å². The maximum atomic E-state index is 10.9. The van der Waals surface area contributed by atoms with Crippen LogP contribution in [0.25, 0.3) is 0 Å². The second kappa shape index (κ2) is 7.38. The van der Waals surface area contributed by atoms with Crippen LogP contribution in [-0.4, -0.2) is 15.8 Å². The molecule has 1 heterocycles. The van der Waals surface area contributed by atoms with Crippen LogP contribution in [0.3, 0.4) is 0 Å². The molecule has 3 rings (SSSR count). The summed E-state index contributed by atoms with van der Waals surface area (Å²) >= 11 is 13.3. The molecule has 0 fully saturated rings. The average Bonchev–Trinajstić information content (AvgIpc) is 2.57. The SMILES string of the molecule is O=[N+]([O-])c1ccc(Cl)c(NC(=S)N[C@@H]2CCSc3ccccc32)c1. The normalized spacial score (nSPS) is 16.1. The van der Waals surface area contributed by atoms with E-state index in [9.17, 15) is 10.1 Å². The predicted molar refractivity (Wildman–Crippen MR) is 102 cm³/mol. The number of nitro benzene ring substituents is 1. The Balaban J connectivity index is 1.73.